The quantitative estimate of drug-likeness (QED) is 0.842. The first-order chi connectivity index (χ1) is 8.70. The third-order valence-corrected chi connectivity index (χ3v) is 3.30. The Morgan fingerprint density at radius 3 is 2.44 bits per heavy atom. The highest BCUT2D eigenvalue weighted by Crippen LogP contribution is 2.37. The predicted octanol–water partition coefficient (Wildman–Crippen LogP) is 2.07. The average molecular weight is 239 g/mol. The van der Waals surface area contributed by atoms with Crippen LogP contribution in [0.15, 0.2) is 54.6 Å². The highest BCUT2D eigenvalue weighted by atomic mass is 16.3. The highest BCUT2D eigenvalue weighted by molar-refractivity contribution is 6.05. The summed E-state index contributed by atoms with van der Waals surface area (Å²) in [6, 6.07) is 16.8. The number of para-hydroxylation sites is 1. The summed E-state index contributed by atoms with van der Waals surface area (Å²) in [6.45, 7) is 0. The lowest BCUT2D eigenvalue weighted by Crippen LogP contribution is -2.36. The van der Waals surface area contributed by atoms with Gasteiger partial charge in [-0.1, -0.05) is 48.5 Å². The maximum absolute atomic E-state index is 12.0. The SMILES string of the molecule is O=C1Nc2ccccc2[C@]1(O)Cc1ccccc1. The average Bonchev–Trinajstić information content (AvgIpc) is 2.63. The van der Waals surface area contributed by atoms with Crippen molar-refractivity contribution in [3.63, 3.8) is 0 Å². The molecule has 1 atom stereocenters. The summed E-state index contributed by atoms with van der Waals surface area (Å²) >= 11 is 0. The molecule has 0 saturated carbocycles. The van der Waals surface area contributed by atoms with E-state index in [1.165, 1.54) is 0 Å². The molecule has 2 N–H and O–H groups in total. The predicted molar refractivity (Wildman–Crippen MR) is 69.1 cm³/mol. The Labute approximate surface area is 105 Å². The summed E-state index contributed by atoms with van der Waals surface area (Å²) in [7, 11) is 0. The monoisotopic (exact) mass is 239 g/mol. The second-order valence-electron chi connectivity index (χ2n) is 4.52. The lowest BCUT2D eigenvalue weighted by Gasteiger charge is -2.20. The number of benzene rings is 2. The van der Waals surface area contributed by atoms with Crippen molar-refractivity contribution >= 4 is 11.6 Å². The summed E-state index contributed by atoms with van der Waals surface area (Å²) in [5, 5.41) is 13.4. The minimum atomic E-state index is -1.46. The fourth-order valence-electron chi connectivity index (χ4n) is 2.37. The zero-order valence-corrected chi connectivity index (χ0v) is 9.76. The molecule has 18 heavy (non-hydrogen) atoms. The fraction of sp³-hybridized carbons (Fsp3) is 0.133. The standard InChI is InChI=1S/C15H13NO2/c17-14-15(18,10-11-6-2-1-3-7-11)12-8-4-5-9-13(12)16-14/h1-9,18H,10H2,(H,16,17)/t15-/m1/s1. The number of amides is 1. The van der Waals surface area contributed by atoms with E-state index < -0.39 is 5.60 Å². The molecule has 2 aromatic rings. The number of hydrogen-bond acceptors (Lipinski definition) is 2. The second kappa shape index (κ2) is 3.96. The van der Waals surface area contributed by atoms with Crippen molar-refractivity contribution < 1.29 is 9.90 Å². The Morgan fingerprint density at radius 1 is 1.00 bits per heavy atom. The van der Waals surface area contributed by atoms with Crippen LogP contribution in [-0.2, 0) is 16.8 Å². The molecule has 3 nitrogen and oxygen atoms in total. The number of aliphatic hydroxyl groups is 1. The van der Waals surface area contributed by atoms with E-state index in [1.54, 1.807) is 12.1 Å². The molecule has 0 aliphatic carbocycles. The number of carbonyl (C=O) groups excluding carboxylic acids is 1. The second-order valence-corrected chi connectivity index (χ2v) is 4.52. The molecule has 2 aromatic carbocycles. The van der Waals surface area contributed by atoms with Crippen molar-refractivity contribution in [1.29, 1.82) is 0 Å². The van der Waals surface area contributed by atoms with Crippen molar-refractivity contribution in [1.82, 2.24) is 0 Å². The smallest absolute Gasteiger partial charge is 0.261 e. The summed E-state index contributed by atoms with van der Waals surface area (Å²) < 4.78 is 0. The topological polar surface area (TPSA) is 49.3 Å². The van der Waals surface area contributed by atoms with Gasteiger partial charge in [0, 0.05) is 17.7 Å². The van der Waals surface area contributed by atoms with Gasteiger partial charge in [-0.25, -0.2) is 0 Å². The van der Waals surface area contributed by atoms with Gasteiger partial charge in [-0.15, -0.1) is 0 Å². The molecule has 0 aromatic heterocycles. The van der Waals surface area contributed by atoms with Gasteiger partial charge in [0.15, 0.2) is 5.60 Å². The van der Waals surface area contributed by atoms with Gasteiger partial charge >= 0.3 is 0 Å². The van der Waals surface area contributed by atoms with Crippen LogP contribution in [0.5, 0.6) is 0 Å². The van der Waals surface area contributed by atoms with Gasteiger partial charge in [-0.2, -0.15) is 0 Å². The molecular formula is C15H13NO2. The van der Waals surface area contributed by atoms with Crippen molar-refractivity contribution in [3.8, 4) is 0 Å². The molecule has 1 aliphatic heterocycles. The number of nitrogens with one attached hydrogen (secondary N) is 1. The molecule has 1 amide bonds. The van der Waals surface area contributed by atoms with Crippen molar-refractivity contribution in [2.45, 2.75) is 12.0 Å². The lowest BCUT2D eigenvalue weighted by atomic mass is 9.88. The molecule has 90 valence electrons. The first-order valence-electron chi connectivity index (χ1n) is 5.87. The zero-order valence-electron chi connectivity index (χ0n) is 9.76. The molecule has 0 unspecified atom stereocenters. The molecule has 0 saturated heterocycles. The summed E-state index contributed by atoms with van der Waals surface area (Å²) in [6.07, 6.45) is 0.288. The van der Waals surface area contributed by atoms with E-state index in [2.05, 4.69) is 5.32 Å². The first kappa shape index (κ1) is 11.0. The maximum atomic E-state index is 12.0. The van der Waals surface area contributed by atoms with Crippen LogP contribution in [0.25, 0.3) is 0 Å². The Kier molecular flexibility index (Phi) is 2.42. The normalized spacial score (nSPS) is 21.5. The molecule has 1 aliphatic rings. The number of rotatable bonds is 2. The van der Waals surface area contributed by atoms with Crippen LogP contribution in [0.4, 0.5) is 5.69 Å². The van der Waals surface area contributed by atoms with Crippen LogP contribution in [0, 0.1) is 0 Å². The third-order valence-electron chi connectivity index (χ3n) is 3.30. The van der Waals surface area contributed by atoms with E-state index >= 15 is 0 Å². The van der Waals surface area contributed by atoms with Crippen molar-refractivity contribution in [2.75, 3.05) is 5.32 Å². The van der Waals surface area contributed by atoms with E-state index in [4.69, 9.17) is 0 Å². The highest BCUT2D eigenvalue weighted by Gasteiger charge is 2.44. The van der Waals surface area contributed by atoms with E-state index in [1.807, 2.05) is 42.5 Å². The summed E-state index contributed by atoms with van der Waals surface area (Å²) in [5.74, 6) is -0.354. The van der Waals surface area contributed by atoms with Gasteiger partial charge in [-0.05, 0) is 11.6 Å². The van der Waals surface area contributed by atoms with Gasteiger partial charge in [0.1, 0.15) is 0 Å². The number of hydrogen-bond donors (Lipinski definition) is 2. The van der Waals surface area contributed by atoms with Gasteiger partial charge in [-0.3, -0.25) is 4.79 Å². The van der Waals surface area contributed by atoms with E-state index in [0.29, 0.717) is 11.3 Å². The third kappa shape index (κ3) is 1.60. The van der Waals surface area contributed by atoms with Crippen molar-refractivity contribution in [3.05, 3.63) is 65.7 Å². The largest absolute Gasteiger partial charge is 0.375 e. The lowest BCUT2D eigenvalue weighted by molar-refractivity contribution is -0.133. The fourth-order valence-corrected chi connectivity index (χ4v) is 2.37. The zero-order chi connectivity index (χ0) is 12.6. The number of carbonyl (C=O) groups is 1. The van der Waals surface area contributed by atoms with Crippen LogP contribution in [0.1, 0.15) is 11.1 Å². The van der Waals surface area contributed by atoms with Gasteiger partial charge in [0.25, 0.3) is 5.91 Å². The van der Waals surface area contributed by atoms with Gasteiger partial charge < -0.3 is 10.4 Å². The Bertz CT molecular complexity index is 594. The molecule has 0 bridgehead atoms. The first-order valence-corrected chi connectivity index (χ1v) is 5.87. The Hall–Kier alpha value is -2.13. The minimum Gasteiger partial charge on any atom is -0.375 e. The molecule has 0 radical (unpaired) electrons. The van der Waals surface area contributed by atoms with Gasteiger partial charge in [0.05, 0.1) is 0 Å². The van der Waals surface area contributed by atoms with Crippen LogP contribution in [-0.4, -0.2) is 11.0 Å². The van der Waals surface area contributed by atoms with Crippen molar-refractivity contribution in [2.24, 2.45) is 0 Å². The van der Waals surface area contributed by atoms with Crippen LogP contribution >= 0.6 is 0 Å². The molecule has 0 fully saturated rings. The minimum absolute atomic E-state index is 0.288. The molecular weight excluding hydrogens is 226 g/mol. The summed E-state index contributed by atoms with van der Waals surface area (Å²) in [4.78, 5) is 12.0. The summed E-state index contributed by atoms with van der Waals surface area (Å²) in [5.41, 5.74) is 0.824. The Morgan fingerprint density at radius 2 is 1.67 bits per heavy atom. The molecule has 3 heteroatoms. The maximum Gasteiger partial charge on any atom is 0.261 e. The van der Waals surface area contributed by atoms with E-state index in [9.17, 15) is 9.90 Å². The van der Waals surface area contributed by atoms with Crippen LogP contribution in [0.3, 0.4) is 0 Å². The van der Waals surface area contributed by atoms with E-state index in [0.717, 1.165) is 5.56 Å². The number of anilines is 1. The van der Waals surface area contributed by atoms with Crippen LogP contribution in [0.2, 0.25) is 0 Å². The molecule has 0 spiro atoms. The van der Waals surface area contributed by atoms with Gasteiger partial charge in [0.2, 0.25) is 0 Å². The Balaban J connectivity index is 2.02. The molecule has 3 rings (SSSR count). The number of fused-ring (bicyclic) bond motifs is 1. The molecule has 1 heterocycles. The van der Waals surface area contributed by atoms with E-state index in [-0.39, 0.29) is 12.3 Å². The van der Waals surface area contributed by atoms with Crippen LogP contribution < -0.4 is 5.32 Å².